The van der Waals surface area contributed by atoms with E-state index in [1.165, 1.54) is 16.7 Å². The Labute approximate surface area is 103 Å². The van der Waals surface area contributed by atoms with Gasteiger partial charge in [0.05, 0.1) is 5.75 Å². The predicted molar refractivity (Wildman–Crippen MR) is 71.1 cm³/mol. The minimum Gasteiger partial charge on any atom is -0.345 e. The largest absolute Gasteiger partial charge is 0.345 e. The highest BCUT2D eigenvalue weighted by Gasteiger charge is 2.06. The van der Waals surface area contributed by atoms with Gasteiger partial charge in [-0.15, -0.1) is 0 Å². The Kier molecular flexibility index (Phi) is 4.87. The van der Waals surface area contributed by atoms with Crippen molar-refractivity contribution in [3.63, 3.8) is 0 Å². The number of aryl methyl sites for hydroxylation is 2. The van der Waals surface area contributed by atoms with Crippen LogP contribution in [0.2, 0.25) is 0 Å². The van der Waals surface area contributed by atoms with E-state index in [-0.39, 0.29) is 11.7 Å². The van der Waals surface area contributed by atoms with Crippen molar-refractivity contribution in [1.29, 1.82) is 0 Å². The molecule has 0 atom stereocenters. The highest BCUT2D eigenvalue weighted by molar-refractivity contribution is 7.81. The Morgan fingerprint density at radius 3 is 2.62 bits per heavy atom. The van der Waals surface area contributed by atoms with Gasteiger partial charge in [-0.05, 0) is 31.4 Å². The van der Waals surface area contributed by atoms with Crippen LogP contribution in [0.5, 0.6) is 0 Å². The average Bonchev–Trinajstić information content (AvgIpc) is 2.26. The van der Waals surface area contributed by atoms with Gasteiger partial charge in [0.2, 0.25) is 5.91 Å². The van der Waals surface area contributed by atoms with Crippen LogP contribution in [0, 0.1) is 13.8 Å². The molecule has 3 heteroatoms. The van der Waals surface area contributed by atoms with Crippen molar-refractivity contribution >= 4 is 18.5 Å². The first-order valence-electron chi connectivity index (χ1n) is 5.45. The summed E-state index contributed by atoms with van der Waals surface area (Å²) in [5.74, 6) is 0.358. The molecular formula is C13H19NOS. The van der Waals surface area contributed by atoms with Gasteiger partial charge in [-0.3, -0.25) is 4.79 Å². The molecule has 1 amide bonds. The highest BCUT2D eigenvalue weighted by Crippen LogP contribution is 2.11. The third kappa shape index (κ3) is 3.56. The quantitative estimate of drug-likeness (QED) is 0.796. The van der Waals surface area contributed by atoms with Crippen LogP contribution in [-0.4, -0.2) is 30.2 Å². The van der Waals surface area contributed by atoms with Crippen molar-refractivity contribution in [1.82, 2.24) is 4.90 Å². The van der Waals surface area contributed by atoms with Gasteiger partial charge in [0.25, 0.3) is 0 Å². The lowest BCUT2D eigenvalue weighted by atomic mass is 10.0. The van der Waals surface area contributed by atoms with Crippen molar-refractivity contribution in [3.05, 3.63) is 34.9 Å². The van der Waals surface area contributed by atoms with Crippen molar-refractivity contribution in [2.24, 2.45) is 0 Å². The number of amides is 1. The summed E-state index contributed by atoms with van der Waals surface area (Å²) < 4.78 is 0. The van der Waals surface area contributed by atoms with Crippen molar-refractivity contribution in [2.75, 3.05) is 19.3 Å². The second-order valence-corrected chi connectivity index (χ2v) is 4.47. The number of hydrogen-bond acceptors (Lipinski definition) is 2. The maximum absolute atomic E-state index is 11.3. The van der Waals surface area contributed by atoms with Crippen LogP contribution < -0.4 is 0 Å². The summed E-state index contributed by atoms with van der Waals surface area (Å²) in [6.45, 7) is 4.96. The third-order valence-electron chi connectivity index (χ3n) is 2.78. The van der Waals surface area contributed by atoms with Crippen LogP contribution in [0.15, 0.2) is 18.2 Å². The van der Waals surface area contributed by atoms with E-state index in [4.69, 9.17) is 0 Å². The van der Waals surface area contributed by atoms with Gasteiger partial charge in [-0.25, -0.2) is 0 Å². The molecule has 0 aliphatic rings. The molecule has 0 saturated carbocycles. The lowest BCUT2D eigenvalue weighted by molar-refractivity contribution is -0.127. The number of thiol groups is 1. The summed E-state index contributed by atoms with van der Waals surface area (Å²) in [5.41, 5.74) is 3.89. The predicted octanol–water partition coefficient (Wildman–Crippen LogP) is 2.23. The minimum absolute atomic E-state index is 0.0769. The molecule has 0 aliphatic carbocycles. The van der Waals surface area contributed by atoms with E-state index in [0.29, 0.717) is 0 Å². The Balaban J connectivity index is 2.58. The molecular weight excluding hydrogens is 218 g/mol. The van der Waals surface area contributed by atoms with Gasteiger partial charge in [0.1, 0.15) is 0 Å². The van der Waals surface area contributed by atoms with Crippen LogP contribution in [-0.2, 0) is 11.2 Å². The van der Waals surface area contributed by atoms with Crippen molar-refractivity contribution in [2.45, 2.75) is 20.3 Å². The second-order valence-electron chi connectivity index (χ2n) is 4.15. The first-order valence-corrected chi connectivity index (χ1v) is 6.08. The van der Waals surface area contributed by atoms with Crippen LogP contribution in [0.3, 0.4) is 0 Å². The fourth-order valence-electron chi connectivity index (χ4n) is 1.66. The highest BCUT2D eigenvalue weighted by atomic mass is 32.1. The third-order valence-corrected chi connectivity index (χ3v) is 3.05. The van der Waals surface area contributed by atoms with E-state index < -0.39 is 0 Å². The Morgan fingerprint density at radius 1 is 1.38 bits per heavy atom. The minimum atomic E-state index is 0.0769. The summed E-state index contributed by atoms with van der Waals surface area (Å²) in [6, 6.07) is 6.43. The lowest BCUT2D eigenvalue weighted by Crippen LogP contribution is -2.29. The normalized spacial score (nSPS) is 10.2. The number of hydrogen-bond donors (Lipinski definition) is 1. The number of nitrogens with zero attached hydrogens (tertiary/aromatic N) is 1. The zero-order valence-electron chi connectivity index (χ0n) is 10.2. The van der Waals surface area contributed by atoms with Crippen LogP contribution in [0.4, 0.5) is 0 Å². The molecule has 0 aliphatic heterocycles. The Morgan fingerprint density at radius 2 is 2.06 bits per heavy atom. The summed E-state index contributed by atoms with van der Waals surface area (Å²) in [6.07, 6.45) is 0.905. The molecule has 0 radical (unpaired) electrons. The average molecular weight is 237 g/mol. The molecule has 16 heavy (non-hydrogen) atoms. The maximum atomic E-state index is 11.3. The molecule has 0 spiro atoms. The molecule has 1 aromatic carbocycles. The Hall–Kier alpha value is -0.960. The van der Waals surface area contributed by atoms with E-state index in [2.05, 4.69) is 44.7 Å². The summed E-state index contributed by atoms with van der Waals surface area (Å²) in [4.78, 5) is 13.1. The number of likely N-dealkylation sites (N-methyl/N-ethyl adjacent to an activating group) is 1. The van der Waals surface area contributed by atoms with Gasteiger partial charge < -0.3 is 4.90 Å². The van der Waals surface area contributed by atoms with Gasteiger partial charge >= 0.3 is 0 Å². The smallest absolute Gasteiger partial charge is 0.232 e. The van der Waals surface area contributed by atoms with E-state index in [1.54, 1.807) is 4.90 Å². The Bertz CT molecular complexity index is 376. The van der Waals surface area contributed by atoms with Gasteiger partial charge in [0, 0.05) is 13.6 Å². The van der Waals surface area contributed by atoms with E-state index in [9.17, 15) is 4.79 Å². The monoisotopic (exact) mass is 237 g/mol. The molecule has 0 N–H and O–H groups in total. The number of carbonyl (C=O) groups is 1. The molecule has 0 aromatic heterocycles. The fraction of sp³-hybridized carbons (Fsp3) is 0.462. The van der Waals surface area contributed by atoms with Crippen molar-refractivity contribution < 1.29 is 4.79 Å². The molecule has 1 rings (SSSR count). The van der Waals surface area contributed by atoms with Crippen molar-refractivity contribution in [3.8, 4) is 0 Å². The maximum Gasteiger partial charge on any atom is 0.232 e. The topological polar surface area (TPSA) is 20.3 Å². The van der Waals surface area contributed by atoms with Crippen LogP contribution >= 0.6 is 12.6 Å². The lowest BCUT2D eigenvalue weighted by Gasteiger charge is -2.16. The summed E-state index contributed by atoms with van der Waals surface area (Å²) >= 11 is 3.98. The molecule has 0 saturated heterocycles. The van der Waals surface area contributed by atoms with Crippen LogP contribution in [0.25, 0.3) is 0 Å². The first kappa shape index (κ1) is 13.1. The number of rotatable bonds is 4. The molecule has 88 valence electrons. The number of carbonyl (C=O) groups excluding carboxylic acids is 1. The molecule has 0 fully saturated rings. The summed E-state index contributed by atoms with van der Waals surface area (Å²) in [7, 11) is 1.82. The first-order chi connectivity index (χ1) is 7.54. The summed E-state index contributed by atoms with van der Waals surface area (Å²) in [5, 5.41) is 0. The standard InChI is InChI=1S/C13H19NOS/c1-10-4-5-12(11(2)8-10)6-7-14(3)13(15)9-16/h4-5,8,16H,6-7,9H2,1-3H3. The van der Waals surface area contributed by atoms with E-state index in [0.717, 1.165) is 13.0 Å². The SMILES string of the molecule is Cc1ccc(CCN(C)C(=O)CS)c(C)c1. The van der Waals surface area contributed by atoms with E-state index >= 15 is 0 Å². The van der Waals surface area contributed by atoms with E-state index in [1.807, 2.05) is 7.05 Å². The number of benzene rings is 1. The molecule has 1 aromatic rings. The van der Waals surface area contributed by atoms with Gasteiger partial charge in [-0.2, -0.15) is 12.6 Å². The molecule has 2 nitrogen and oxygen atoms in total. The zero-order chi connectivity index (χ0) is 12.1. The van der Waals surface area contributed by atoms with Crippen LogP contribution in [0.1, 0.15) is 16.7 Å². The zero-order valence-corrected chi connectivity index (χ0v) is 11.1. The molecule has 0 heterocycles. The van der Waals surface area contributed by atoms with Gasteiger partial charge in [-0.1, -0.05) is 23.8 Å². The van der Waals surface area contributed by atoms with Gasteiger partial charge in [0.15, 0.2) is 0 Å². The molecule has 0 unspecified atom stereocenters. The molecule has 0 bridgehead atoms. The fourth-order valence-corrected chi connectivity index (χ4v) is 1.90. The second kappa shape index (κ2) is 5.94.